The van der Waals surface area contributed by atoms with Gasteiger partial charge in [-0.25, -0.2) is 0 Å². The van der Waals surface area contributed by atoms with E-state index in [9.17, 15) is 9.59 Å². The summed E-state index contributed by atoms with van der Waals surface area (Å²) in [5.74, 6) is 1.43. The predicted molar refractivity (Wildman–Crippen MR) is 112 cm³/mol. The van der Waals surface area contributed by atoms with Gasteiger partial charge in [-0.05, 0) is 18.2 Å². The number of hydrogen-bond acceptors (Lipinski definition) is 5. The Morgan fingerprint density at radius 2 is 1.67 bits per heavy atom. The highest BCUT2D eigenvalue weighted by Gasteiger charge is 2.28. The monoisotopic (exact) mass is 412 g/mol. The van der Waals surface area contributed by atoms with Gasteiger partial charge >= 0.3 is 0 Å². The van der Waals surface area contributed by atoms with Gasteiger partial charge < -0.3 is 19.3 Å². The van der Waals surface area contributed by atoms with E-state index in [1.807, 2.05) is 44.0 Å². The molecule has 0 N–H and O–H groups in total. The molecule has 0 spiro atoms. The number of carbonyl (C=O) groups is 2. The zero-order chi connectivity index (χ0) is 21.3. The molecule has 2 aliphatic heterocycles. The predicted octanol–water partition coefficient (Wildman–Crippen LogP) is 2.19. The van der Waals surface area contributed by atoms with E-state index in [0.29, 0.717) is 62.1 Å². The fourth-order valence-electron chi connectivity index (χ4n) is 3.83. The Labute approximate surface area is 176 Å². The highest BCUT2D eigenvalue weighted by molar-refractivity contribution is 6.00. The first kappa shape index (κ1) is 20.3. The molecule has 3 heterocycles. The van der Waals surface area contributed by atoms with Gasteiger partial charge in [0.15, 0.2) is 11.5 Å². The highest BCUT2D eigenvalue weighted by Crippen LogP contribution is 2.35. The van der Waals surface area contributed by atoms with Gasteiger partial charge in [0.1, 0.15) is 5.69 Å². The van der Waals surface area contributed by atoms with Crippen LogP contribution in [0, 0.1) is 5.92 Å². The number of benzene rings is 1. The average molecular weight is 412 g/mol. The molecule has 8 heteroatoms. The van der Waals surface area contributed by atoms with E-state index in [1.165, 1.54) is 0 Å². The maximum absolute atomic E-state index is 13.3. The van der Waals surface area contributed by atoms with E-state index in [4.69, 9.17) is 9.47 Å². The number of rotatable bonds is 3. The SMILES string of the molecule is CC(C)C(=O)N1CCN(C(=O)c2cn(C)nc2-c2ccc3c(c2)OCCCO3)CC1. The van der Waals surface area contributed by atoms with Crippen LogP contribution in [-0.2, 0) is 11.8 Å². The third kappa shape index (κ3) is 3.99. The molecule has 0 atom stereocenters. The molecule has 2 aliphatic rings. The van der Waals surface area contributed by atoms with Crippen molar-refractivity contribution < 1.29 is 19.1 Å². The summed E-state index contributed by atoms with van der Waals surface area (Å²) in [5.41, 5.74) is 1.99. The van der Waals surface area contributed by atoms with Crippen molar-refractivity contribution in [3.05, 3.63) is 30.0 Å². The molecule has 1 fully saturated rings. The second-order valence-electron chi connectivity index (χ2n) is 8.05. The van der Waals surface area contributed by atoms with Crippen LogP contribution in [0.15, 0.2) is 24.4 Å². The van der Waals surface area contributed by atoms with Crippen molar-refractivity contribution in [3.8, 4) is 22.8 Å². The lowest BCUT2D eigenvalue weighted by Crippen LogP contribution is -2.51. The van der Waals surface area contributed by atoms with E-state index in [-0.39, 0.29) is 17.7 Å². The summed E-state index contributed by atoms with van der Waals surface area (Å²) in [6.07, 6.45) is 2.59. The molecule has 4 rings (SSSR count). The average Bonchev–Trinajstić information content (AvgIpc) is 2.99. The van der Waals surface area contributed by atoms with Crippen LogP contribution in [0.25, 0.3) is 11.3 Å². The summed E-state index contributed by atoms with van der Waals surface area (Å²) in [4.78, 5) is 29.1. The molecule has 1 aromatic heterocycles. The molecule has 0 aliphatic carbocycles. The Morgan fingerprint density at radius 1 is 1.00 bits per heavy atom. The van der Waals surface area contributed by atoms with Crippen LogP contribution >= 0.6 is 0 Å². The smallest absolute Gasteiger partial charge is 0.257 e. The van der Waals surface area contributed by atoms with Gasteiger partial charge in [-0.2, -0.15) is 5.10 Å². The number of fused-ring (bicyclic) bond motifs is 1. The number of hydrogen-bond donors (Lipinski definition) is 0. The van der Waals surface area contributed by atoms with Gasteiger partial charge in [-0.1, -0.05) is 13.8 Å². The van der Waals surface area contributed by atoms with Gasteiger partial charge in [0.05, 0.1) is 18.8 Å². The molecule has 8 nitrogen and oxygen atoms in total. The maximum Gasteiger partial charge on any atom is 0.257 e. The molecular formula is C22H28N4O4. The van der Waals surface area contributed by atoms with E-state index in [0.717, 1.165) is 12.0 Å². The third-order valence-electron chi connectivity index (χ3n) is 5.45. The number of aromatic nitrogens is 2. The van der Waals surface area contributed by atoms with Gasteiger partial charge in [0.25, 0.3) is 5.91 Å². The van der Waals surface area contributed by atoms with E-state index < -0.39 is 0 Å². The summed E-state index contributed by atoms with van der Waals surface area (Å²) < 4.78 is 13.2. The van der Waals surface area contributed by atoms with Crippen molar-refractivity contribution in [1.82, 2.24) is 19.6 Å². The minimum atomic E-state index is -0.0677. The zero-order valence-electron chi connectivity index (χ0n) is 17.8. The molecule has 2 aromatic rings. The second kappa shape index (κ2) is 8.38. The first-order valence-electron chi connectivity index (χ1n) is 10.5. The summed E-state index contributed by atoms with van der Waals surface area (Å²) >= 11 is 0. The first-order chi connectivity index (χ1) is 14.4. The van der Waals surface area contributed by atoms with Crippen molar-refractivity contribution in [2.75, 3.05) is 39.4 Å². The van der Waals surface area contributed by atoms with Crippen molar-refractivity contribution >= 4 is 11.8 Å². The van der Waals surface area contributed by atoms with Gasteiger partial charge in [0.2, 0.25) is 5.91 Å². The topological polar surface area (TPSA) is 76.9 Å². The van der Waals surface area contributed by atoms with Crippen LogP contribution in [0.1, 0.15) is 30.6 Å². The van der Waals surface area contributed by atoms with Crippen molar-refractivity contribution in [3.63, 3.8) is 0 Å². The number of piperazine rings is 1. The largest absolute Gasteiger partial charge is 0.490 e. The van der Waals surface area contributed by atoms with Crippen LogP contribution in [0.3, 0.4) is 0 Å². The Morgan fingerprint density at radius 3 is 2.37 bits per heavy atom. The summed E-state index contributed by atoms with van der Waals surface area (Å²) in [6, 6.07) is 5.67. The number of nitrogens with zero attached hydrogens (tertiary/aromatic N) is 4. The first-order valence-corrected chi connectivity index (χ1v) is 10.5. The van der Waals surface area contributed by atoms with Crippen LogP contribution in [0.5, 0.6) is 11.5 Å². The Hall–Kier alpha value is -3.03. The summed E-state index contributed by atoms with van der Waals surface area (Å²) in [6.45, 7) is 7.19. The lowest BCUT2D eigenvalue weighted by Gasteiger charge is -2.35. The van der Waals surface area contributed by atoms with Gasteiger partial charge in [0, 0.05) is 57.3 Å². The lowest BCUT2D eigenvalue weighted by atomic mass is 10.1. The molecule has 160 valence electrons. The Kier molecular flexibility index (Phi) is 5.65. The Bertz CT molecular complexity index is 945. The fraction of sp³-hybridized carbons (Fsp3) is 0.500. The summed E-state index contributed by atoms with van der Waals surface area (Å²) in [7, 11) is 1.81. The second-order valence-corrected chi connectivity index (χ2v) is 8.05. The Balaban J connectivity index is 1.55. The fourth-order valence-corrected chi connectivity index (χ4v) is 3.83. The number of amides is 2. The van der Waals surface area contributed by atoms with Gasteiger partial charge in [-0.3, -0.25) is 14.3 Å². The van der Waals surface area contributed by atoms with Crippen LogP contribution < -0.4 is 9.47 Å². The molecule has 0 saturated carbocycles. The van der Waals surface area contributed by atoms with Crippen molar-refractivity contribution in [2.24, 2.45) is 13.0 Å². The maximum atomic E-state index is 13.3. The molecule has 30 heavy (non-hydrogen) atoms. The number of ether oxygens (including phenoxy) is 2. The van der Waals surface area contributed by atoms with E-state index in [2.05, 4.69) is 5.10 Å². The molecule has 0 unspecified atom stereocenters. The number of carbonyl (C=O) groups excluding carboxylic acids is 2. The standard InChI is InChI=1S/C22H28N4O4/c1-15(2)21(27)25-7-9-26(10-8-25)22(28)17-14-24(3)23-20(17)16-5-6-18-19(13-16)30-12-4-11-29-18/h5-6,13-15H,4,7-12H2,1-3H3. The molecule has 2 amide bonds. The van der Waals surface area contributed by atoms with Gasteiger partial charge in [-0.15, -0.1) is 0 Å². The zero-order valence-corrected chi connectivity index (χ0v) is 17.8. The molecule has 0 bridgehead atoms. The molecule has 0 radical (unpaired) electrons. The van der Waals surface area contributed by atoms with Crippen molar-refractivity contribution in [2.45, 2.75) is 20.3 Å². The molecular weight excluding hydrogens is 384 g/mol. The van der Waals surface area contributed by atoms with Crippen LogP contribution in [0.4, 0.5) is 0 Å². The highest BCUT2D eigenvalue weighted by atomic mass is 16.5. The lowest BCUT2D eigenvalue weighted by molar-refractivity contribution is -0.135. The van der Waals surface area contributed by atoms with Crippen LogP contribution in [0.2, 0.25) is 0 Å². The molecule has 1 aromatic carbocycles. The normalized spacial score (nSPS) is 16.5. The minimum absolute atomic E-state index is 0.0309. The quantitative estimate of drug-likeness (QED) is 0.772. The molecule has 1 saturated heterocycles. The minimum Gasteiger partial charge on any atom is -0.490 e. The van der Waals surface area contributed by atoms with E-state index in [1.54, 1.807) is 15.8 Å². The number of aryl methyl sites for hydroxylation is 1. The third-order valence-corrected chi connectivity index (χ3v) is 5.45. The summed E-state index contributed by atoms with van der Waals surface area (Å²) in [5, 5.41) is 4.54. The van der Waals surface area contributed by atoms with E-state index >= 15 is 0 Å². The van der Waals surface area contributed by atoms with Crippen LogP contribution in [-0.4, -0.2) is 70.8 Å². The van der Waals surface area contributed by atoms with Crippen molar-refractivity contribution in [1.29, 1.82) is 0 Å².